The highest BCUT2D eigenvalue weighted by Crippen LogP contribution is 2.29. The van der Waals surface area contributed by atoms with Crippen LogP contribution in [-0.2, 0) is 0 Å². The first-order valence-corrected chi connectivity index (χ1v) is 6.64. The minimum atomic E-state index is -0.537. The van der Waals surface area contributed by atoms with Gasteiger partial charge in [-0.1, -0.05) is 22.0 Å². The number of benzene rings is 1. The molecule has 1 aromatic carbocycles. The van der Waals surface area contributed by atoms with E-state index in [0.717, 1.165) is 26.2 Å². The van der Waals surface area contributed by atoms with E-state index in [2.05, 4.69) is 27.8 Å². The quantitative estimate of drug-likeness (QED) is 0.863. The maximum atomic E-state index is 13.9. The highest BCUT2D eigenvalue weighted by molar-refractivity contribution is 9.10. The van der Waals surface area contributed by atoms with Crippen molar-refractivity contribution in [3.63, 3.8) is 0 Å². The molecule has 0 spiro atoms. The molecule has 0 amide bonds. The summed E-state index contributed by atoms with van der Waals surface area (Å²) < 4.78 is 28.3. The van der Waals surface area contributed by atoms with Gasteiger partial charge in [-0.15, -0.1) is 6.58 Å². The zero-order chi connectivity index (χ0) is 13.1. The molecule has 1 saturated heterocycles. The molecule has 1 heterocycles. The van der Waals surface area contributed by atoms with Gasteiger partial charge in [0.2, 0.25) is 0 Å². The molecule has 2 nitrogen and oxygen atoms in total. The molecular formula is C13H15BrF2N2. The Morgan fingerprint density at radius 2 is 1.83 bits per heavy atom. The van der Waals surface area contributed by atoms with Crippen LogP contribution in [-0.4, -0.2) is 31.1 Å². The highest BCUT2D eigenvalue weighted by Gasteiger charge is 2.25. The number of halogens is 3. The van der Waals surface area contributed by atoms with Gasteiger partial charge >= 0.3 is 0 Å². The van der Waals surface area contributed by atoms with Gasteiger partial charge < -0.3 is 5.32 Å². The van der Waals surface area contributed by atoms with Gasteiger partial charge in [-0.25, -0.2) is 8.78 Å². The predicted octanol–water partition coefficient (Wildman–Crippen LogP) is 2.86. The average molecular weight is 317 g/mol. The molecule has 1 fully saturated rings. The van der Waals surface area contributed by atoms with Crippen LogP contribution in [0.25, 0.3) is 0 Å². The Balaban J connectivity index is 2.35. The van der Waals surface area contributed by atoms with Gasteiger partial charge in [0.1, 0.15) is 11.6 Å². The predicted molar refractivity (Wildman–Crippen MR) is 71.4 cm³/mol. The van der Waals surface area contributed by atoms with E-state index < -0.39 is 17.7 Å². The molecule has 0 unspecified atom stereocenters. The summed E-state index contributed by atoms with van der Waals surface area (Å²) in [6.45, 7) is 6.87. The first-order valence-electron chi connectivity index (χ1n) is 5.85. The molecule has 0 aromatic heterocycles. The average Bonchev–Trinajstić information content (AvgIpc) is 2.34. The van der Waals surface area contributed by atoms with Crippen molar-refractivity contribution >= 4 is 15.9 Å². The monoisotopic (exact) mass is 316 g/mol. The van der Waals surface area contributed by atoms with Crippen molar-refractivity contribution in [2.24, 2.45) is 0 Å². The Labute approximate surface area is 114 Å². The number of nitrogens with zero attached hydrogens (tertiary/aromatic N) is 1. The Kier molecular flexibility index (Phi) is 4.48. The van der Waals surface area contributed by atoms with E-state index in [9.17, 15) is 8.78 Å². The SMILES string of the molecule is C=C[C@@H](c1c(F)cc(Br)cc1F)N1CCNCC1. The molecule has 98 valence electrons. The fourth-order valence-electron chi connectivity index (χ4n) is 2.25. The largest absolute Gasteiger partial charge is 0.314 e. The summed E-state index contributed by atoms with van der Waals surface area (Å²) in [7, 11) is 0. The molecule has 1 aliphatic rings. The zero-order valence-corrected chi connectivity index (χ0v) is 11.5. The molecule has 18 heavy (non-hydrogen) atoms. The van der Waals surface area contributed by atoms with Crippen molar-refractivity contribution in [3.05, 3.63) is 46.5 Å². The molecule has 1 atom stereocenters. The summed E-state index contributed by atoms with van der Waals surface area (Å²) >= 11 is 3.08. The van der Waals surface area contributed by atoms with E-state index in [1.54, 1.807) is 6.08 Å². The van der Waals surface area contributed by atoms with Gasteiger partial charge in [0.15, 0.2) is 0 Å². The van der Waals surface area contributed by atoms with E-state index in [-0.39, 0.29) is 5.56 Å². The molecule has 0 radical (unpaired) electrons. The van der Waals surface area contributed by atoms with Gasteiger partial charge in [-0.2, -0.15) is 0 Å². The molecule has 5 heteroatoms. The van der Waals surface area contributed by atoms with Crippen LogP contribution in [0.1, 0.15) is 11.6 Å². The minimum Gasteiger partial charge on any atom is -0.314 e. The lowest BCUT2D eigenvalue weighted by molar-refractivity contribution is 0.197. The second kappa shape index (κ2) is 5.91. The lowest BCUT2D eigenvalue weighted by atomic mass is 10.0. The third-order valence-corrected chi connectivity index (χ3v) is 3.57. The lowest BCUT2D eigenvalue weighted by Crippen LogP contribution is -2.45. The van der Waals surface area contributed by atoms with Gasteiger partial charge in [-0.3, -0.25) is 4.90 Å². The summed E-state index contributed by atoms with van der Waals surface area (Å²) in [6, 6.07) is 2.16. The van der Waals surface area contributed by atoms with Gasteiger partial charge in [-0.05, 0) is 12.1 Å². The van der Waals surface area contributed by atoms with Crippen LogP contribution in [0.15, 0.2) is 29.3 Å². The van der Waals surface area contributed by atoms with Crippen LogP contribution in [0.2, 0.25) is 0 Å². The standard InChI is InChI=1S/C13H15BrF2N2/c1-2-12(18-5-3-17-4-6-18)13-10(15)7-9(14)8-11(13)16/h2,7-8,12,17H,1,3-6H2/t12-/m0/s1. The number of hydrogen-bond acceptors (Lipinski definition) is 2. The van der Waals surface area contributed by atoms with E-state index in [0.29, 0.717) is 4.47 Å². The molecule has 0 aliphatic carbocycles. The third-order valence-electron chi connectivity index (χ3n) is 3.11. The van der Waals surface area contributed by atoms with Crippen LogP contribution < -0.4 is 5.32 Å². The maximum Gasteiger partial charge on any atom is 0.132 e. The van der Waals surface area contributed by atoms with Crippen molar-refractivity contribution in [3.8, 4) is 0 Å². The summed E-state index contributed by atoms with van der Waals surface area (Å²) in [5.41, 5.74) is 0.0788. The van der Waals surface area contributed by atoms with Crippen molar-refractivity contribution < 1.29 is 8.78 Å². The molecule has 1 N–H and O–H groups in total. The van der Waals surface area contributed by atoms with Gasteiger partial charge in [0.25, 0.3) is 0 Å². The zero-order valence-electron chi connectivity index (χ0n) is 9.93. The molecule has 0 bridgehead atoms. The summed E-state index contributed by atoms with van der Waals surface area (Å²) in [6.07, 6.45) is 1.60. The minimum absolute atomic E-state index is 0.0788. The Bertz CT molecular complexity index is 422. The number of nitrogens with one attached hydrogen (secondary N) is 1. The molecule has 0 saturated carbocycles. The molecule has 2 rings (SSSR count). The van der Waals surface area contributed by atoms with Gasteiger partial charge in [0, 0.05) is 36.2 Å². The maximum absolute atomic E-state index is 13.9. The molecule has 1 aromatic rings. The fraction of sp³-hybridized carbons (Fsp3) is 0.385. The summed E-state index contributed by atoms with van der Waals surface area (Å²) in [5.74, 6) is -1.07. The second-order valence-electron chi connectivity index (χ2n) is 4.25. The molecular weight excluding hydrogens is 302 g/mol. The normalized spacial score (nSPS) is 18.6. The Morgan fingerprint density at radius 1 is 1.28 bits per heavy atom. The van der Waals surface area contributed by atoms with E-state index in [1.807, 2.05) is 4.90 Å². The first-order chi connectivity index (χ1) is 8.63. The van der Waals surface area contributed by atoms with Gasteiger partial charge in [0.05, 0.1) is 6.04 Å². The summed E-state index contributed by atoms with van der Waals surface area (Å²) in [5, 5.41) is 3.21. The van der Waals surface area contributed by atoms with Crippen molar-refractivity contribution in [2.45, 2.75) is 6.04 Å². The van der Waals surface area contributed by atoms with Crippen LogP contribution in [0, 0.1) is 11.6 Å². The fourth-order valence-corrected chi connectivity index (χ4v) is 2.65. The van der Waals surface area contributed by atoms with Crippen LogP contribution in [0.4, 0.5) is 8.78 Å². The van der Waals surface area contributed by atoms with E-state index >= 15 is 0 Å². The van der Waals surface area contributed by atoms with Crippen LogP contribution in [0.3, 0.4) is 0 Å². The smallest absolute Gasteiger partial charge is 0.132 e. The van der Waals surface area contributed by atoms with Crippen LogP contribution >= 0.6 is 15.9 Å². The number of piperazine rings is 1. The Morgan fingerprint density at radius 3 is 2.33 bits per heavy atom. The van der Waals surface area contributed by atoms with Crippen molar-refractivity contribution in [2.75, 3.05) is 26.2 Å². The van der Waals surface area contributed by atoms with Crippen molar-refractivity contribution in [1.82, 2.24) is 10.2 Å². The second-order valence-corrected chi connectivity index (χ2v) is 5.17. The number of rotatable bonds is 3. The first kappa shape index (κ1) is 13.6. The summed E-state index contributed by atoms with van der Waals surface area (Å²) in [4.78, 5) is 2.03. The topological polar surface area (TPSA) is 15.3 Å². The highest BCUT2D eigenvalue weighted by atomic mass is 79.9. The van der Waals surface area contributed by atoms with Crippen LogP contribution in [0.5, 0.6) is 0 Å². The van der Waals surface area contributed by atoms with E-state index in [1.165, 1.54) is 12.1 Å². The number of hydrogen-bond donors (Lipinski definition) is 1. The lowest BCUT2D eigenvalue weighted by Gasteiger charge is -2.33. The van der Waals surface area contributed by atoms with E-state index in [4.69, 9.17) is 0 Å². The Hall–Kier alpha value is -0.780. The van der Waals surface area contributed by atoms with Crippen molar-refractivity contribution in [1.29, 1.82) is 0 Å². The third kappa shape index (κ3) is 2.79. The molecule has 1 aliphatic heterocycles.